The fourth-order valence-corrected chi connectivity index (χ4v) is 4.88. The SMILES string of the molecule is O=c1c2cc3c(cc2nc(SCc2nc(-c4ccccc4Br)no2)n1C1CC1)OCO3. The molecule has 0 saturated heterocycles. The third kappa shape index (κ3) is 3.39. The number of rotatable bonds is 5. The Morgan fingerprint density at radius 3 is 2.74 bits per heavy atom. The second-order valence-corrected chi connectivity index (χ2v) is 9.10. The second kappa shape index (κ2) is 7.38. The standard InChI is InChI=1S/C21H15BrN4O4S/c22-14-4-2-1-3-12(14)19-24-18(30-25-19)9-31-21-23-15-8-17-16(28-10-29-17)7-13(15)20(27)26(21)11-5-6-11/h1-4,7-8,11H,5-6,9-10H2. The molecule has 0 unspecified atom stereocenters. The minimum atomic E-state index is -0.0623. The van der Waals surface area contributed by atoms with Crippen molar-refractivity contribution in [2.75, 3.05) is 6.79 Å². The first-order valence-electron chi connectivity index (χ1n) is 9.73. The van der Waals surface area contributed by atoms with Crippen molar-refractivity contribution in [3.8, 4) is 22.9 Å². The Labute approximate surface area is 188 Å². The van der Waals surface area contributed by atoms with Gasteiger partial charge < -0.3 is 14.0 Å². The minimum Gasteiger partial charge on any atom is -0.454 e. The number of ether oxygens (including phenoxy) is 2. The Bertz CT molecular complexity index is 1380. The molecule has 4 aromatic rings. The van der Waals surface area contributed by atoms with Crippen molar-refractivity contribution in [1.82, 2.24) is 19.7 Å². The molecule has 6 rings (SSSR count). The monoisotopic (exact) mass is 498 g/mol. The maximum Gasteiger partial charge on any atom is 0.262 e. The van der Waals surface area contributed by atoms with Crippen LogP contribution in [0.1, 0.15) is 24.8 Å². The molecule has 2 aliphatic rings. The van der Waals surface area contributed by atoms with E-state index in [0.717, 1.165) is 22.9 Å². The Balaban J connectivity index is 1.33. The van der Waals surface area contributed by atoms with E-state index >= 15 is 0 Å². The summed E-state index contributed by atoms with van der Waals surface area (Å²) in [4.78, 5) is 22.5. The van der Waals surface area contributed by atoms with Crippen LogP contribution in [-0.4, -0.2) is 26.5 Å². The van der Waals surface area contributed by atoms with Gasteiger partial charge in [-0.05, 0) is 31.0 Å². The maximum atomic E-state index is 13.2. The van der Waals surface area contributed by atoms with Gasteiger partial charge in [-0.1, -0.05) is 45.0 Å². The summed E-state index contributed by atoms with van der Waals surface area (Å²) in [5, 5.41) is 5.26. The van der Waals surface area contributed by atoms with Gasteiger partial charge in [0, 0.05) is 22.1 Å². The summed E-state index contributed by atoms with van der Waals surface area (Å²) >= 11 is 4.92. The predicted octanol–water partition coefficient (Wildman–Crippen LogP) is 4.56. The lowest BCUT2D eigenvalue weighted by Gasteiger charge is -2.12. The summed E-state index contributed by atoms with van der Waals surface area (Å²) < 4.78 is 19.0. The van der Waals surface area contributed by atoms with E-state index in [0.29, 0.717) is 45.0 Å². The van der Waals surface area contributed by atoms with Gasteiger partial charge in [-0.15, -0.1) is 0 Å². The smallest absolute Gasteiger partial charge is 0.262 e. The molecule has 1 fully saturated rings. The molecule has 0 bridgehead atoms. The molecule has 1 aliphatic carbocycles. The Kier molecular flexibility index (Phi) is 4.50. The van der Waals surface area contributed by atoms with Crippen molar-refractivity contribution in [1.29, 1.82) is 0 Å². The van der Waals surface area contributed by atoms with Gasteiger partial charge in [0.05, 0.1) is 16.7 Å². The summed E-state index contributed by atoms with van der Waals surface area (Å²) in [5.74, 6) is 2.58. The zero-order chi connectivity index (χ0) is 20.9. The summed E-state index contributed by atoms with van der Waals surface area (Å²) in [6.45, 7) is 0.154. The quantitative estimate of drug-likeness (QED) is 0.292. The number of fused-ring (bicyclic) bond motifs is 2. The average Bonchev–Trinajstić information content (AvgIpc) is 3.31. The molecule has 2 aromatic carbocycles. The molecular formula is C21H15BrN4O4S. The number of nitrogens with zero attached hydrogens (tertiary/aromatic N) is 4. The van der Waals surface area contributed by atoms with Crippen LogP contribution in [0, 0.1) is 0 Å². The van der Waals surface area contributed by atoms with Crippen LogP contribution in [0.4, 0.5) is 0 Å². The molecular weight excluding hydrogens is 484 g/mol. The van der Waals surface area contributed by atoms with Crippen molar-refractivity contribution < 1.29 is 14.0 Å². The van der Waals surface area contributed by atoms with E-state index in [1.165, 1.54) is 11.8 Å². The first-order chi connectivity index (χ1) is 15.2. The van der Waals surface area contributed by atoms with E-state index < -0.39 is 0 Å². The molecule has 2 aromatic heterocycles. The van der Waals surface area contributed by atoms with E-state index in [9.17, 15) is 4.79 Å². The van der Waals surface area contributed by atoms with E-state index in [4.69, 9.17) is 19.0 Å². The van der Waals surface area contributed by atoms with Gasteiger partial charge in [-0.3, -0.25) is 9.36 Å². The van der Waals surface area contributed by atoms with Gasteiger partial charge >= 0.3 is 0 Å². The zero-order valence-electron chi connectivity index (χ0n) is 16.1. The number of thioether (sulfide) groups is 1. The Morgan fingerprint density at radius 2 is 1.94 bits per heavy atom. The van der Waals surface area contributed by atoms with Crippen LogP contribution in [0.25, 0.3) is 22.3 Å². The zero-order valence-corrected chi connectivity index (χ0v) is 18.5. The van der Waals surface area contributed by atoms with E-state index in [2.05, 4.69) is 26.1 Å². The van der Waals surface area contributed by atoms with E-state index in [1.807, 2.05) is 24.3 Å². The Hall–Kier alpha value is -2.85. The van der Waals surface area contributed by atoms with Gasteiger partial charge in [0.1, 0.15) is 0 Å². The van der Waals surface area contributed by atoms with Crippen molar-refractivity contribution in [3.05, 3.63) is 57.1 Å². The van der Waals surface area contributed by atoms with Gasteiger partial charge in [0.2, 0.25) is 18.5 Å². The Morgan fingerprint density at radius 1 is 1.13 bits per heavy atom. The second-order valence-electron chi connectivity index (χ2n) is 7.30. The summed E-state index contributed by atoms with van der Waals surface area (Å²) in [5.41, 5.74) is 1.39. The lowest BCUT2D eigenvalue weighted by molar-refractivity contribution is 0.174. The molecule has 3 heterocycles. The van der Waals surface area contributed by atoms with Crippen LogP contribution >= 0.6 is 27.7 Å². The highest BCUT2D eigenvalue weighted by Gasteiger charge is 2.29. The van der Waals surface area contributed by atoms with Crippen LogP contribution in [0.2, 0.25) is 0 Å². The van der Waals surface area contributed by atoms with Gasteiger partial charge in [0.15, 0.2) is 16.7 Å². The lowest BCUT2D eigenvalue weighted by Crippen LogP contribution is -2.22. The van der Waals surface area contributed by atoms with Crippen molar-refractivity contribution >= 4 is 38.6 Å². The van der Waals surface area contributed by atoms with E-state index in [-0.39, 0.29) is 18.4 Å². The maximum absolute atomic E-state index is 13.2. The number of halogens is 1. The van der Waals surface area contributed by atoms with Gasteiger partial charge in [-0.2, -0.15) is 4.98 Å². The average molecular weight is 499 g/mol. The predicted molar refractivity (Wildman–Crippen MR) is 117 cm³/mol. The first kappa shape index (κ1) is 18.9. The molecule has 0 amide bonds. The molecule has 0 atom stereocenters. The van der Waals surface area contributed by atoms with Crippen LogP contribution in [0.15, 0.2) is 55.3 Å². The molecule has 1 saturated carbocycles. The van der Waals surface area contributed by atoms with Gasteiger partial charge in [0.25, 0.3) is 5.56 Å². The molecule has 0 spiro atoms. The van der Waals surface area contributed by atoms with E-state index in [1.54, 1.807) is 16.7 Å². The topological polar surface area (TPSA) is 92.3 Å². The van der Waals surface area contributed by atoms with Crippen molar-refractivity contribution in [2.45, 2.75) is 29.8 Å². The summed E-state index contributed by atoms with van der Waals surface area (Å²) in [6, 6.07) is 11.4. The highest BCUT2D eigenvalue weighted by Crippen LogP contribution is 2.39. The molecule has 0 radical (unpaired) electrons. The third-order valence-corrected chi connectivity index (χ3v) is 6.81. The third-order valence-electron chi connectivity index (χ3n) is 5.18. The molecule has 0 N–H and O–H groups in total. The largest absolute Gasteiger partial charge is 0.454 e. The van der Waals surface area contributed by atoms with Crippen LogP contribution in [0.3, 0.4) is 0 Å². The molecule has 31 heavy (non-hydrogen) atoms. The lowest BCUT2D eigenvalue weighted by atomic mass is 10.2. The van der Waals surface area contributed by atoms with Crippen molar-refractivity contribution in [3.63, 3.8) is 0 Å². The number of hydrogen-bond acceptors (Lipinski definition) is 8. The molecule has 1 aliphatic heterocycles. The molecule has 156 valence electrons. The first-order valence-corrected chi connectivity index (χ1v) is 11.5. The highest BCUT2D eigenvalue weighted by atomic mass is 79.9. The fourth-order valence-electron chi connectivity index (χ4n) is 3.52. The van der Waals surface area contributed by atoms with Crippen LogP contribution < -0.4 is 15.0 Å². The highest BCUT2D eigenvalue weighted by molar-refractivity contribution is 9.10. The fraction of sp³-hybridized carbons (Fsp3) is 0.238. The van der Waals surface area contributed by atoms with Gasteiger partial charge in [-0.25, -0.2) is 4.98 Å². The minimum absolute atomic E-state index is 0.0623. The summed E-state index contributed by atoms with van der Waals surface area (Å²) in [7, 11) is 0. The summed E-state index contributed by atoms with van der Waals surface area (Å²) in [6.07, 6.45) is 1.94. The van der Waals surface area contributed by atoms with Crippen LogP contribution in [0.5, 0.6) is 11.5 Å². The number of benzene rings is 2. The molecule has 8 nitrogen and oxygen atoms in total. The van der Waals surface area contributed by atoms with Crippen LogP contribution in [-0.2, 0) is 5.75 Å². The van der Waals surface area contributed by atoms with Crippen molar-refractivity contribution in [2.24, 2.45) is 0 Å². The normalized spacial score (nSPS) is 15.0. The number of aromatic nitrogens is 4. The number of hydrogen-bond donors (Lipinski definition) is 0. The molecule has 10 heteroatoms.